The van der Waals surface area contributed by atoms with E-state index in [1.54, 1.807) is 20.8 Å². The van der Waals surface area contributed by atoms with Crippen LogP contribution in [0.2, 0.25) is 0 Å². The van der Waals surface area contributed by atoms with Gasteiger partial charge in [-0.1, -0.05) is 29.3 Å². The monoisotopic (exact) mass is 479 g/mol. The summed E-state index contributed by atoms with van der Waals surface area (Å²) in [6.07, 6.45) is -0.708. The van der Waals surface area contributed by atoms with Crippen molar-refractivity contribution >= 4 is 30.5 Å². The maximum Gasteiger partial charge on any atom is 0.408 e. The number of rotatable bonds is 7. The number of nitrogens with zero attached hydrogens (tertiary/aromatic N) is 1. The van der Waals surface area contributed by atoms with Crippen LogP contribution >= 0.6 is 12.6 Å². The Morgan fingerprint density at radius 3 is 1.91 bits per heavy atom. The van der Waals surface area contributed by atoms with Crippen molar-refractivity contribution in [3.8, 4) is 0 Å². The quantitative estimate of drug-likeness (QED) is 0.508. The molecular weight excluding hydrogens is 438 g/mol. The second-order valence-electron chi connectivity index (χ2n) is 10.8. The van der Waals surface area contributed by atoms with Gasteiger partial charge in [-0.25, -0.2) is 4.79 Å². The first kappa shape index (κ1) is 28.8. The van der Waals surface area contributed by atoms with E-state index < -0.39 is 35.2 Å². The normalized spacial score (nSPS) is 13.8. The highest BCUT2D eigenvalue weighted by atomic mass is 32.1. The second kappa shape index (κ2) is 11.3. The molecule has 1 aromatic rings. The number of ether oxygens (including phenoxy) is 1. The van der Waals surface area contributed by atoms with Crippen LogP contribution in [0.1, 0.15) is 78.1 Å². The molecule has 0 aliphatic carbocycles. The molecule has 33 heavy (non-hydrogen) atoms. The lowest BCUT2D eigenvalue weighted by Gasteiger charge is -2.38. The molecule has 0 spiro atoms. The predicted molar refractivity (Wildman–Crippen MR) is 136 cm³/mol. The van der Waals surface area contributed by atoms with Crippen LogP contribution in [0.25, 0.3) is 0 Å². The summed E-state index contributed by atoms with van der Waals surface area (Å²) in [4.78, 5) is 41.1. The summed E-state index contributed by atoms with van der Waals surface area (Å²) < 4.78 is 5.32. The molecule has 186 valence electrons. The number of carbonyl (C=O) groups is 3. The predicted octanol–water partition coefficient (Wildman–Crippen LogP) is 4.32. The molecule has 0 radical (unpaired) electrons. The van der Waals surface area contributed by atoms with Gasteiger partial charge in [-0.2, -0.15) is 12.6 Å². The highest BCUT2D eigenvalue weighted by Gasteiger charge is 2.38. The molecule has 0 saturated carbocycles. The maximum atomic E-state index is 13.7. The highest BCUT2D eigenvalue weighted by molar-refractivity contribution is 7.80. The molecule has 7 nitrogen and oxygen atoms in total. The first-order valence-electron chi connectivity index (χ1n) is 11.3. The zero-order chi connectivity index (χ0) is 25.7. The van der Waals surface area contributed by atoms with Crippen molar-refractivity contribution in [1.82, 2.24) is 15.5 Å². The molecule has 1 rings (SSSR count). The van der Waals surface area contributed by atoms with Crippen LogP contribution in [-0.2, 0) is 14.3 Å². The summed E-state index contributed by atoms with van der Waals surface area (Å²) >= 11 is 4.29. The van der Waals surface area contributed by atoms with Crippen LogP contribution in [0.3, 0.4) is 0 Å². The van der Waals surface area contributed by atoms with E-state index in [2.05, 4.69) is 23.3 Å². The van der Waals surface area contributed by atoms with Gasteiger partial charge in [0.2, 0.25) is 11.8 Å². The lowest BCUT2D eigenvalue weighted by atomic mass is 9.96. The van der Waals surface area contributed by atoms with Crippen LogP contribution in [0.15, 0.2) is 18.2 Å². The average molecular weight is 480 g/mol. The lowest BCUT2D eigenvalue weighted by molar-refractivity contribution is -0.144. The van der Waals surface area contributed by atoms with Crippen molar-refractivity contribution in [3.05, 3.63) is 34.9 Å². The Hall–Kier alpha value is -2.22. The fraction of sp³-hybridized carbons (Fsp3) is 0.640. The minimum absolute atomic E-state index is 0.0573. The van der Waals surface area contributed by atoms with Gasteiger partial charge >= 0.3 is 6.09 Å². The van der Waals surface area contributed by atoms with Crippen molar-refractivity contribution in [3.63, 3.8) is 0 Å². The number of thiol groups is 1. The van der Waals surface area contributed by atoms with E-state index in [0.717, 1.165) is 11.1 Å². The van der Waals surface area contributed by atoms with Crippen LogP contribution in [0.5, 0.6) is 0 Å². The van der Waals surface area contributed by atoms with Crippen LogP contribution in [0, 0.1) is 13.8 Å². The van der Waals surface area contributed by atoms with E-state index in [9.17, 15) is 14.4 Å². The Morgan fingerprint density at radius 2 is 1.52 bits per heavy atom. The molecule has 0 aliphatic heterocycles. The fourth-order valence-electron chi connectivity index (χ4n) is 3.54. The maximum absolute atomic E-state index is 13.7. The number of carbonyl (C=O) groups excluding carboxylic acids is 3. The van der Waals surface area contributed by atoms with Crippen LogP contribution in [0.4, 0.5) is 4.79 Å². The Balaban J connectivity index is 3.46. The third-order valence-electron chi connectivity index (χ3n) is 4.57. The summed E-state index contributed by atoms with van der Waals surface area (Å²) in [7, 11) is 0. The molecule has 2 atom stereocenters. The molecule has 0 aromatic heterocycles. The largest absolute Gasteiger partial charge is 0.444 e. The zero-order valence-corrected chi connectivity index (χ0v) is 22.6. The smallest absolute Gasteiger partial charge is 0.408 e. The summed E-state index contributed by atoms with van der Waals surface area (Å²) in [6.45, 7) is 18.5. The standard InChI is InChI=1S/C25H41N3O4S/c1-15(2)28(22(30)19(14-33)26-23(31)32-25(8,9)10)20(21(29)27-24(5,6)7)18-12-16(3)11-17(4)13-18/h11-13,15,19-20,33H,14H2,1-10H3,(H,26,31)(H,27,29). The van der Waals surface area contributed by atoms with Gasteiger partial charge < -0.3 is 20.3 Å². The number of alkyl carbamates (subject to hydrolysis) is 1. The summed E-state index contributed by atoms with van der Waals surface area (Å²) in [5.74, 6) is -0.634. The number of benzene rings is 1. The van der Waals surface area contributed by atoms with Crippen molar-refractivity contribution in [1.29, 1.82) is 0 Å². The van der Waals surface area contributed by atoms with Crippen molar-refractivity contribution in [2.45, 2.75) is 98.5 Å². The molecule has 8 heteroatoms. The van der Waals surface area contributed by atoms with Crippen molar-refractivity contribution in [2.24, 2.45) is 0 Å². The van der Waals surface area contributed by atoms with E-state index in [1.807, 2.05) is 66.7 Å². The molecule has 0 heterocycles. The third-order valence-corrected chi connectivity index (χ3v) is 4.93. The molecule has 0 aliphatic rings. The topological polar surface area (TPSA) is 87.7 Å². The number of hydrogen-bond acceptors (Lipinski definition) is 5. The molecular formula is C25H41N3O4S. The molecule has 3 amide bonds. The Kier molecular flexibility index (Phi) is 9.84. The SMILES string of the molecule is Cc1cc(C)cc(C(C(=O)NC(C)(C)C)N(C(=O)C(CS)NC(=O)OC(C)(C)C)C(C)C)c1. The Labute approximate surface area is 204 Å². The number of amides is 3. The van der Waals surface area contributed by atoms with E-state index in [4.69, 9.17) is 4.74 Å². The van der Waals surface area contributed by atoms with E-state index in [1.165, 1.54) is 4.90 Å². The summed E-state index contributed by atoms with van der Waals surface area (Å²) in [6, 6.07) is 3.69. The summed E-state index contributed by atoms with van der Waals surface area (Å²) in [5.41, 5.74) is 1.50. The van der Waals surface area contributed by atoms with Gasteiger partial charge in [-0.05, 0) is 74.8 Å². The Bertz CT molecular complexity index is 836. The van der Waals surface area contributed by atoms with Gasteiger partial charge in [-0.3, -0.25) is 9.59 Å². The molecule has 2 unspecified atom stereocenters. The van der Waals surface area contributed by atoms with Crippen molar-refractivity contribution < 1.29 is 19.1 Å². The number of nitrogens with one attached hydrogen (secondary N) is 2. The summed E-state index contributed by atoms with van der Waals surface area (Å²) in [5, 5.41) is 5.63. The van der Waals surface area contributed by atoms with E-state index in [0.29, 0.717) is 5.56 Å². The second-order valence-corrected chi connectivity index (χ2v) is 11.1. The van der Waals surface area contributed by atoms with Gasteiger partial charge in [0.05, 0.1) is 0 Å². The average Bonchev–Trinajstić information content (AvgIpc) is 2.59. The number of hydrogen-bond donors (Lipinski definition) is 3. The highest BCUT2D eigenvalue weighted by Crippen LogP contribution is 2.27. The third kappa shape index (κ3) is 9.27. The minimum Gasteiger partial charge on any atom is -0.444 e. The van der Waals surface area contributed by atoms with Crippen molar-refractivity contribution in [2.75, 3.05) is 5.75 Å². The van der Waals surface area contributed by atoms with E-state index >= 15 is 0 Å². The zero-order valence-electron chi connectivity index (χ0n) is 21.7. The molecule has 0 saturated heterocycles. The molecule has 0 fully saturated rings. The van der Waals surface area contributed by atoms with Crippen LogP contribution in [-0.4, -0.2) is 51.8 Å². The molecule has 2 N–H and O–H groups in total. The molecule has 1 aromatic carbocycles. The fourth-order valence-corrected chi connectivity index (χ4v) is 3.79. The first-order valence-corrected chi connectivity index (χ1v) is 11.9. The van der Waals surface area contributed by atoms with Gasteiger partial charge in [0, 0.05) is 17.3 Å². The van der Waals surface area contributed by atoms with Gasteiger partial charge in [0.1, 0.15) is 17.7 Å². The Morgan fingerprint density at radius 1 is 1.00 bits per heavy atom. The number of aryl methyl sites for hydroxylation is 2. The lowest BCUT2D eigenvalue weighted by Crippen LogP contribution is -2.57. The van der Waals surface area contributed by atoms with Crippen LogP contribution < -0.4 is 10.6 Å². The van der Waals surface area contributed by atoms with Gasteiger partial charge in [-0.15, -0.1) is 0 Å². The van der Waals surface area contributed by atoms with Gasteiger partial charge in [0.25, 0.3) is 0 Å². The minimum atomic E-state index is -0.957. The first-order chi connectivity index (χ1) is 14.9. The molecule has 0 bridgehead atoms. The van der Waals surface area contributed by atoms with Gasteiger partial charge in [0.15, 0.2) is 0 Å². The van der Waals surface area contributed by atoms with E-state index in [-0.39, 0.29) is 17.7 Å².